The summed E-state index contributed by atoms with van der Waals surface area (Å²) in [6.45, 7) is 4.41. The van der Waals surface area contributed by atoms with Gasteiger partial charge in [0.15, 0.2) is 0 Å². The molecule has 0 saturated heterocycles. The fraction of sp³-hybridized carbons (Fsp3) is 0.417. The molecule has 2 heterocycles. The van der Waals surface area contributed by atoms with Crippen LogP contribution in [0.5, 0.6) is 0 Å². The Hall–Kier alpha value is -0.930. The van der Waals surface area contributed by atoms with Crippen LogP contribution in [-0.2, 0) is 0 Å². The van der Waals surface area contributed by atoms with Crippen molar-refractivity contribution in [2.45, 2.75) is 25.8 Å². The van der Waals surface area contributed by atoms with Crippen molar-refractivity contribution < 1.29 is 0 Å². The fourth-order valence-corrected chi connectivity index (χ4v) is 2.56. The van der Waals surface area contributed by atoms with E-state index in [4.69, 9.17) is 0 Å². The Bertz CT molecular complexity index is 450. The maximum Gasteiger partial charge on any atom is 0.0533 e. The van der Waals surface area contributed by atoms with Crippen LogP contribution < -0.4 is 5.32 Å². The minimum absolute atomic E-state index is 0.438. The van der Waals surface area contributed by atoms with E-state index in [-0.39, 0.29) is 0 Å². The van der Waals surface area contributed by atoms with E-state index in [2.05, 4.69) is 41.7 Å². The summed E-state index contributed by atoms with van der Waals surface area (Å²) >= 11 is 1.78. The smallest absolute Gasteiger partial charge is 0.0533 e. The average molecular weight is 220 g/mol. The second-order valence-corrected chi connectivity index (χ2v) is 4.84. The molecular formula is C12H16N2S. The number of hydrogen-bond acceptors (Lipinski definition) is 3. The number of fused-ring (bicyclic) bond motifs is 1. The molecular weight excluding hydrogens is 204 g/mol. The number of rotatable bonds is 3. The fourth-order valence-electron chi connectivity index (χ4n) is 1.77. The van der Waals surface area contributed by atoms with Gasteiger partial charge < -0.3 is 5.32 Å². The first-order chi connectivity index (χ1) is 7.24. The van der Waals surface area contributed by atoms with Gasteiger partial charge in [0.1, 0.15) is 0 Å². The van der Waals surface area contributed by atoms with Crippen molar-refractivity contribution in [3.8, 4) is 0 Å². The molecule has 2 rings (SSSR count). The van der Waals surface area contributed by atoms with E-state index in [9.17, 15) is 0 Å². The third kappa shape index (κ3) is 1.90. The molecule has 0 spiro atoms. The molecule has 0 fully saturated rings. The number of thiophene rings is 1. The SMILES string of the molecule is CNC(C)C(C)c1nccc2sccc12. The van der Waals surface area contributed by atoms with Crippen LogP contribution in [0.25, 0.3) is 10.1 Å². The van der Waals surface area contributed by atoms with E-state index in [1.807, 2.05) is 13.2 Å². The minimum atomic E-state index is 0.438. The lowest BCUT2D eigenvalue weighted by Gasteiger charge is -2.19. The molecule has 1 N–H and O–H groups in total. The van der Waals surface area contributed by atoms with E-state index in [1.54, 1.807) is 11.3 Å². The molecule has 80 valence electrons. The van der Waals surface area contributed by atoms with Crippen molar-refractivity contribution >= 4 is 21.4 Å². The summed E-state index contributed by atoms with van der Waals surface area (Å²) in [5.41, 5.74) is 1.20. The van der Waals surface area contributed by atoms with Gasteiger partial charge in [0.25, 0.3) is 0 Å². The lowest BCUT2D eigenvalue weighted by molar-refractivity contribution is 0.518. The molecule has 0 aliphatic rings. The lowest BCUT2D eigenvalue weighted by Crippen LogP contribution is -2.27. The molecule has 2 aromatic heterocycles. The predicted octanol–water partition coefficient (Wildman–Crippen LogP) is 3.01. The second kappa shape index (κ2) is 4.29. The molecule has 0 aromatic carbocycles. The van der Waals surface area contributed by atoms with Crippen molar-refractivity contribution in [1.29, 1.82) is 0 Å². The van der Waals surface area contributed by atoms with Crippen LogP contribution in [0.1, 0.15) is 25.5 Å². The van der Waals surface area contributed by atoms with Gasteiger partial charge in [0, 0.05) is 28.2 Å². The topological polar surface area (TPSA) is 24.9 Å². The van der Waals surface area contributed by atoms with Crippen molar-refractivity contribution in [2.24, 2.45) is 0 Å². The summed E-state index contributed by atoms with van der Waals surface area (Å²) in [5, 5.41) is 6.72. The van der Waals surface area contributed by atoms with Crippen LogP contribution in [0.15, 0.2) is 23.7 Å². The highest BCUT2D eigenvalue weighted by Crippen LogP contribution is 2.28. The Kier molecular flexibility index (Phi) is 3.03. The molecule has 2 unspecified atom stereocenters. The first-order valence-corrected chi connectivity index (χ1v) is 6.11. The first-order valence-electron chi connectivity index (χ1n) is 5.23. The number of pyridine rings is 1. The number of nitrogens with zero attached hydrogens (tertiary/aromatic N) is 1. The summed E-state index contributed by atoms with van der Waals surface area (Å²) in [6.07, 6.45) is 1.91. The molecule has 2 aromatic rings. The van der Waals surface area contributed by atoms with Crippen molar-refractivity contribution in [3.63, 3.8) is 0 Å². The Morgan fingerprint density at radius 3 is 2.87 bits per heavy atom. The average Bonchev–Trinajstić information content (AvgIpc) is 2.74. The maximum absolute atomic E-state index is 4.51. The van der Waals surface area contributed by atoms with Crippen LogP contribution in [0.2, 0.25) is 0 Å². The quantitative estimate of drug-likeness (QED) is 0.860. The molecule has 0 aliphatic carbocycles. The van der Waals surface area contributed by atoms with Crippen LogP contribution in [-0.4, -0.2) is 18.1 Å². The second-order valence-electron chi connectivity index (χ2n) is 3.89. The Morgan fingerprint density at radius 1 is 1.33 bits per heavy atom. The van der Waals surface area contributed by atoms with Gasteiger partial charge in [-0.3, -0.25) is 4.98 Å². The number of aromatic nitrogens is 1. The highest BCUT2D eigenvalue weighted by Gasteiger charge is 2.16. The van der Waals surface area contributed by atoms with Crippen LogP contribution >= 0.6 is 11.3 Å². The van der Waals surface area contributed by atoms with Gasteiger partial charge in [-0.2, -0.15) is 0 Å². The van der Waals surface area contributed by atoms with E-state index in [0.717, 1.165) is 0 Å². The molecule has 2 atom stereocenters. The molecule has 2 nitrogen and oxygen atoms in total. The van der Waals surface area contributed by atoms with Gasteiger partial charge in [-0.05, 0) is 31.5 Å². The molecule has 0 amide bonds. The van der Waals surface area contributed by atoms with Crippen LogP contribution in [0, 0.1) is 0 Å². The molecule has 0 saturated carbocycles. The van der Waals surface area contributed by atoms with Crippen LogP contribution in [0.4, 0.5) is 0 Å². The summed E-state index contributed by atoms with van der Waals surface area (Å²) in [4.78, 5) is 4.51. The molecule has 0 aliphatic heterocycles. The third-order valence-corrected chi connectivity index (χ3v) is 3.93. The normalized spacial score (nSPS) is 15.4. The third-order valence-electron chi connectivity index (χ3n) is 3.05. The van der Waals surface area contributed by atoms with E-state index < -0.39 is 0 Å². The van der Waals surface area contributed by atoms with Crippen molar-refractivity contribution in [3.05, 3.63) is 29.4 Å². The highest BCUT2D eigenvalue weighted by atomic mass is 32.1. The number of hydrogen-bond donors (Lipinski definition) is 1. The Morgan fingerprint density at radius 2 is 2.13 bits per heavy atom. The van der Waals surface area contributed by atoms with Crippen molar-refractivity contribution in [2.75, 3.05) is 7.05 Å². The van der Waals surface area contributed by atoms with Gasteiger partial charge in [-0.25, -0.2) is 0 Å². The Labute approximate surface area is 94.3 Å². The number of nitrogens with one attached hydrogen (secondary N) is 1. The van der Waals surface area contributed by atoms with E-state index in [1.165, 1.54) is 15.8 Å². The van der Waals surface area contributed by atoms with Gasteiger partial charge in [0.05, 0.1) is 5.69 Å². The zero-order valence-corrected chi connectivity index (χ0v) is 10.1. The van der Waals surface area contributed by atoms with Gasteiger partial charge in [-0.1, -0.05) is 6.92 Å². The van der Waals surface area contributed by atoms with E-state index in [0.29, 0.717) is 12.0 Å². The summed E-state index contributed by atoms with van der Waals surface area (Å²) < 4.78 is 1.33. The molecule has 3 heteroatoms. The summed E-state index contributed by atoms with van der Waals surface area (Å²) in [5.74, 6) is 0.438. The van der Waals surface area contributed by atoms with Gasteiger partial charge in [-0.15, -0.1) is 11.3 Å². The molecule has 15 heavy (non-hydrogen) atoms. The number of likely N-dealkylation sites (N-methyl/N-ethyl adjacent to an activating group) is 1. The minimum Gasteiger partial charge on any atom is -0.317 e. The maximum atomic E-state index is 4.51. The summed E-state index contributed by atoms with van der Waals surface area (Å²) in [6, 6.07) is 4.70. The highest BCUT2D eigenvalue weighted by molar-refractivity contribution is 7.17. The lowest BCUT2D eigenvalue weighted by atomic mass is 9.97. The zero-order valence-electron chi connectivity index (χ0n) is 9.32. The van der Waals surface area contributed by atoms with Crippen LogP contribution in [0.3, 0.4) is 0 Å². The van der Waals surface area contributed by atoms with Crippen molar-refractivity contribution in [1.82, 2.24) is 10.3 Å². The first kappa shape index (κ1) is 10.6. The van der Waals surface area contributed by atoms with E-state index >= 15 is 0 Å². The van der Waals surface area contributed by atoms with Gasteiger partial charge in [0.2, 0.25) is 0 Å². The monoisotopic (exact) mass is 220 g/mol. The summed E-state index contributed by atoms with van der Waals surface area (Å²) in [7, 11) is 1.99. The zero-order chi connectivity index (χ0) is 10.8. The molecule has 0 radical (unpaired) electrons. The predicted molar refractivity (Wildman–Crippen MR) is 66.6 cm³/mol. The Balaban J connectivity index is 2.46. The largest absolute Gasteiger partial charge is 0.317 e. The molecule has 0 bridgehead atoms. The standard InChI is InChI=1S/C12H16N2S/c1-8(9(2)13-3)12-10-5-7-15-11(10)4-6-14-12/h4-9,13H,1-3H3. The van der Waals surface area contributed by atoms with Gasteiger partial charge >= 0.3 is 0 Å².